The van der Waals surface area contributed by atoms with Gasteiger partial charge in [-0.15, -0.1) is 0 Å². The second kappa shape index (κ2) is 6.16. The van der Waals surface area contributed by atoms with E-state index in [0.717, 1.165) is 35.2 Å². The molecule has 17 heavy (non-hydrogen) atoms. The first-order valence-corrected chi connectivity index (χ1v) is 7.18. The highest BCUT2D eigenvalue weighted by Gasteiger charge is 2.18. The van der Waals surface area contributed by atoms with Crippen molar-refractivity contribution in [3.8, 4) is 0 Å². The van der Waals surface area contributed by atoms with Gasteiger partial charge in [-0.2, -0.15) is 0 Å². The van der Waals surface area contributed by atoms with Crippen LogP contribution in [0.5, 0.6) is 0 Å². The SMILES string of the molecule is O=C(CC1CCOCC1)c1ccc(I)c(Cl)c1. The van der Waals surface area contributed by atoms with E-state index in [1.54, 1.807) is 6.07 Å². The summed E-state index contributed by atoms with van der Waals surface area (Å²) in [6.45, 7) is 1.57. The summed E-state index contributed by atoms with van der Waals surface area (Å²) in [6.07, 6.45) is 2.59. The van der Waals surface area contributed by atoms with Crippen molar-refractivity contribution in [2.45, 2.75) is 19.3 Å². The van der Waals surface area contributed by atoms with Gasteiger partial charge in [0.1, 0.15) is 0 Å². The van der Waals surface area contributed by atoms with Crippen LogP contribution in [-0.2, 0) is 4.74 Å². The molecule has 2 nitrogen and oxygen atoms in total. The second-order valence-electron chi connectivity index (χ2n) is 4.31. The predicted octanol–water partition coefficient (Wildman–Crippen LogP) is 3.94. The predicted molar refractivity (Wildman–Crippen MR) is 76.7 cm³/mol. The number of hydrogen-bond donors (Lipinski definition) is 0. The molecule has 1 aliphatic heterocycles. The molecule has 0 amide bonds. The molecule has 4 heteroatoms. The van der Waals surface area contributed by atoms with Crippen molar-refractivity contribution >= 4 is 40.0 Å². The smallest absolute Gasteiger partial charge is 0.163 e. The van der Waals surface area contributed by atoms with Crippen LogP contribution in [-0.4, -0.2) is 19.0 Å². The van der Waals surface area contributed by atoms with Crippen LogP contribution in [0.3, 0.4) is 0 Å². The molecule has 1 aromatic carbocycles. The minimum Gasteiger partial charge on any atom is -0.381 e. The van der Waals surface area contributed by atoms with Gasteiger partial charge in [0, 0.05) is 28.8 Å². The Bertz CT molecular complexity index is 414. The van der Waals surface area contributed by atoms with Crippen molar-refractivity contribution in [1.29, 1.82) is 0 Å². The maximum atomic E-state index is 12.1. The van der Waals surface area contributed by atoms with Crippen LogP contribution in [0.15, 0.2) is 18.2 Å². The van der Waals surface area contributed by atoms with Gasteiger partial charge in [-0.1, -0.05) is 17.7 Å². The van der Waals surface area contributed by atoms with E-state index in [-0.39, 0.29) is 5.78 Å². The minimum atomic E-state index is 0.190. The Kier molecular flexibility index (Phi) is 4.82. The third-order valence-corrected chi connectivity index (χ3v) is 4.63. The number of Topliss-reactive ketones (excluding diaryl/α,β-unsaturated/α-hetero) is 1. The quantitative estimate of drug-likeness (QED) is 0.600. The molecule has 2 rings (SSSR count). The minimum absolute atomic E-state index is 0.190. The Hall–Kier alpha value is -0.130. The largest absolute Gasteiger partial charge is 0.381 e. The van der Waals surface area contributed by atoms with Gasteiger partial charge in [0.25, 0.3) is 0 Å². The topological polar surface area (TPSA) is 26.3 Å². The van der Waals surface area contributed by atoms with Gasteiger partial charge in [-0.05, 0) is 53.5 Å². The fourth-order valence-corrected chi connectivity index (χ4v) is 2.52. The molecule has 0 radical (unpaired) electrons. The van der Waals surface area contributed by atoms with Crippen molar-refractivity contribution in [1.82, 2.24) is 0 Å². The van der Waals surface area contributed by atoms with Crippen molar-refractivity contribution in [3.63, 3.8) is 0 Å². The lowest BCUT2D eigenvalue weighted by molar-refractivity contribution is 0.0601. The van der Waals surface area contributed by atoms with Gasteiger partial charge >= 0.3 is 0 Å². The van der Waals surface area contributed by atoms with E-state index in [1.807, 2.05) is 12.1 Å². The Morgan fingerprint density at radius 2 is 2.12 bits per heavy atom. The molecule has 1 saturated heterocycles. The maximum Gasteiger partial charge on any atom is 0.163 e. The number of rotatable bonds is 3. The van der Waals surface area contributed by atoms with Crippen LogP contribution < -0.4 is 0 Å². The number of halogens is 2. The van der Waals surface area contributed by atoms with Crippen LogP contribution in [0.4, 0.5) is 0 Å². The molecule has 0 bridgehead atoms. The van der Waals surface area contributed by atoms with Crippen molar-refractivity contribution in [2.24, 2.45) is 5.92 Å². The lowest BCUT2D eigenvalue weighted by Crippen LogP contribution is -2.18. The Morgan fingerprint density at radius 1 is 1.41 bits per heavy atom. The van der Waals surface area contributed by atoms with E-state index in [2.05, 4.69) is 22.6 Å². The van der Waals surface area contributed by atoms with E-state index in [1.165, 1.54) is 0 Å². The summed E-state index contributed by atoms with van der Waals surface area (Å²) in [7, 11) is 0. The summed E-state index contributed by atoms with van der Waals surface area (Å²) >= 11 is 8.18. The monoisotopic (exact) mass is 364 g/mol. The van der Waals surface area contributed by atoms with Gasteiger partial charge in [0.15, 0.2) is 5.78 Å². The first kappa shape index (κ1) is 13.3. The summed E-state index contributed by atoms with van der Waals surface area (Å²) in [5.41, 5.74) is 0.724. The summed E-state index contributed by atoms with van der Waals surface area (Å²) in [5.74, 6) is 0.657. The van der Waals surface area contributed by atoms with Gasteiger partial charge in [-0.3, -0.25) is 4.79 Å². The van der Waals surface area contributed by atoms with Crippen LogP contribution in [0.1, 0.15) is 29.6 Å². The third-order valence-electron chi connectivity index (χ3n) is 3.06. The zero-order valence-electron chi connectivity index (χ0n) is 9.42. The first-order valence-electron chi connectivity index (χ1n) is 5.73. The van der Waals surface area contributed by atoms with E-state index in [9.17, 15) is 4.79 Å². The second-order valence-corrected chi connectivity index (χ2v) is 5.88. The molecule has 1 heterocycles. The molecule has 0 aliphatic carbocycles. The van der Waals surface area contributed by atoms with Gasteiger partial charge in [0.2, 0.25) is 0 Å². The van der Waals surface area contributed by atoms with Crippen molar-refractivity contribution in [2.75, 3.05) is 13.2 Å². The Morgan fingerprint density at radius 3 is 2.76 bits per heavy atom. The van der Waals surface area contributed by atoms with Crippen LogP contribution in [0.2, 0.25) is 5.02 Å². The van der Waals surface area contributed by atoms with E-state index in [4.69, 9.17) is 16.3 Å². The Balaban J connectivity index is 2.01. The molecule has 92 valence electrons. The van der Waals surface area contributed by atoms with Crippen LogP contribution in [0, 0.1) is 9.49 Å². The number of hydrogen-bond acceptors (Lipinski definition) is 2. The summed E-state index contributed by atoms with van der Waals surface area (Å²) in [5, 5.41) is 0.656. The number of carbonyl (C=O) groups excluding carboxylic acids is 1. The third kappa shape index (κ3) is 3.66. The summed E-state index contributed by atoms with van der Waals surface area (Å²) in [4.78, 5) is 12.1. The fraction of sp³-hybridized carbons (Fsp3) is 0.462. The van der Waals surface area contributed by atoms with E-state index in [0.29, 0.717) is 17.4 Å². The fourth-order valence-electron chi connectivity index (χ4n) is 2.00. The van der Waals surface area contributed by atoms with Crippen LogP contribution >= 0.6 is 34.2 Å². The zero-order chi connectivity index (χ0) is 12.3. The molecular formula is C13H14ClIO2. The van der Waals surface area contributed by atoms with E-state index < -0.39 is 0 Å². The highest BCUT2D eigenvalue weighted by Crippen LogP contribution is 2.24. The number of benzene rings is 1. The molecule has 0 N–H and O–H groups in total. The number of ether oxygens (including phenoxy) is 1. The van der Waals surface area contributed by atoms with E-state index >= 15 is 0 Å². The molecule has 0 unspecified atom stereocenters. The molecule has 1 aliphatic rings. The average molecular weight is 365 g/mol. The summed E-state index contributed by atoms with van der Waals surface area (Å²) < 4.78 is 6.27. The molecular weight excluding hydrogens is 350 g/mol. The van der Waals surface area contributed by atoms with Crippen molar-refractivity contribution in [3.05, 3.63) is 32.4 Å². The highest BCUT2D eigenvalue weighted by atomic mass is 127. The molecule has 0 spiro atoms. The normalized spacial score (nSPS) is 17.1. The summed E-state index contributed by atoms with van der Waals surface area (Å²) in [6, 6.07) is 5.51. The first-order chi connectivity index (χ1) is 8.16. The van der Waals surface area contributed by atoms with Gasteiger partial charge in [0.05, 0.1) is 5.02 Å². The van der Waals surface area contributed by atoms with Gasteiger partial charge < -0.3 is 4.74 Å². The molecule has 1 aromatic rings. The number of carbonyl (C=O) groups is 1. The molecule has 0 saturated carbocycles. The maximum absolute atomic E-state index is 12.1. The van der Waals surface area contributed by atoms with Crippen molar-refractivity contribution < 1.29 is 9.53 Å². The Labute approximate surface area is 120 Å². The highest BCUT2D eigenvalue weighted by molar-refractivity contribution is 14.1. The van der Waals surface area contributed by atoms with Gasteiger partial charge in [-0.25, -0.2) is 0 Å². The standard InChI is InChI=1S/C13H14ClIO2/c14-11-8-10(1-2-12(11)15)13(16)7-9-3-5-17-6-4-9/h1-2,8-9H,3-7H2. The lowest BCUT2D eigenvalue weighted by atomic mass is 9.92. The average Bonchev–Trinajstić information content (AvgIpc) is 2.34. The zero-order valence-corrected chi connectivity index (χ0v) is 12.3. The number of ketones is 1. The lowest BCUT2D eigenvalue weighted by Gasteiger charge is -2.21. The van der Waals surface area contributed by atoms with Crippen LogP contribution in [0.25, 0.3) is 0 Å². The molecule has 0 aromatic heterocycles. The molecule has 0 atom stereocenters. The molecule has 1 fully saturated rings.